The molecule has 0 radical (unpaired) electrons. The maximum Gasteiger partial charge on any atom is 0.138 e. The van der Waals surface area contributed by atoms with Crippen LogP contribution in [0.5, 0.6) is 5.75 Å². The molecule has 2 aromatic heterocycles. The second-order valence-corrected chi connectivity index (χ2v) is 6.55. The van der Waals surface area contributed by atoms with Gasteiger partial charge in [-0.05, 0) is 49.0 Å². The predicted molar refractivity (Wildman–Crippen MR) is 106 cm³/mol. The molecule has 0 atom stereocenters. The van der Waals surface area contributed by atoms with Gasteiger partial charge in [-0.2, -0.15) is 0 Å². The molecule has 0 unspecified atom stereocenters. The first-order chi connectivity index (χ1) is 12.8. The van der Waals surface area contributed by atoms with Crippen molar-refractivity contribution < 1.29 is 4.74 Å². The number of ether oxygens (including phenoxy) is 1. The summed E-state index contributed by atoms with van der Waals surface area (Å²) in [5.74, 6) is 1.89. The van der Waals surface area contributed by atoms with E-state index < -0.39 is 0 Å². The lowest BCUT2D eigenvalue weighted by Crippen LogP contribution is -2.46. The number of pyridine rings is 2. The number of benzene rings is 1. The molecule has 1 saturated heterocycles. The summed E-state index contributed by atoms with van der Waals surface area (Å²) in [6.45, 7) is 7.47. The van der Waals surface area contributed by atoms with Crippen LogP contribution in [0, 0.1) is 0 Å². The normalized spacial score (nSPS) is 15.4. The molecule has 1 fully saturated rings. The van der Waals surface area contributed by atoms with Gasteiger partial charge in [0.25, 0.3) is 0 Å². The van der Waals surface area contributed by atoms with Gasteiger partial charge >= 0.3 is 0 Å². The van der Waals surface area contributed by atoms with E-state index in [1.165, 1.54) is 0 Å². The number of hydrogen-bond acceptors (Lipinski definition) is 5. The van der Waals surface area contributed by atoms with E-state index in [0.29, 0.717) is 0 Å². The van der Waals surface area contributed by atoms with E-state index in [4.69, 9.17) is 9.72 Å². The largest absolute Gasteiger partial charge is 0.497 e. The monoisotopic (exact) mass is 348 g/mol. The standard InChI is InChI=1S/C21H24N4O/c1-3-24-11-13-25(14-12-24)21-18-5-4-10-22-20(18)15-19(23-21)16-6-8-17(26-2)9-7-16/h4-10,15H,3,11-14H2,1-2H3. The summed E-state index contributed by atoms with van der Waals surface area (Å²) in [6.07, 6.45) is 1.85. The third kappa shape index (κ3) is 3.22. The van der Waals surface area contributed by atoms with E-state index >= 15 is 0 Å². The van der Waals surface area contributed by atoms with Gasteiger partial charge in [-0.15, -0.1) is 0 Å². The van der Waals surface area contributed by atoms with Crippen molar-refractivity contribution in [2.45, 2.75) is 6.92 Å². The lowest BCUT2D eigenvalue weighted by Gasteiger charge is -2.35. The number of fused-ring (bicyclic) bond motifs is 1. The van der Waals surface area contributed by atoms with Crippen molar-refractivity contribution in [2.24, 2.45) is 0 Å². The van der Waals surface area contributed by atoms with Crippen molar-refractivity contribution >= 4 is 16.7 Å². The summed E-state index contributed by atoms with van der Waals surface area (Å²) in [4.78, 5) is 14.5. The zero-order valence-electron chi connectivity index (χ0n) is 15.4. The molecule has 0 N–H and O–H groups in total. The molecule has 0 saturated carbocycles. The molecular formula is C21H24N4O. The van der Waals surface area contributed by atoms with E-state index in [1.807, 2.05) is 24.4 Å². The maximum absolute atomic E-state index is 5.27. The molecule has 1 aliphatic rings. The van der Waals surface area contributed by atoms with Crippen LogP contribution in [0.3, 0.4) is 0 Å². The molecule has 0 bridgehead atoms. The van der Waals surface area contributed by atoms with Gasteiger partial charge in [-0.1, -0.05) is 6.92 Å². The van der Waals surface area contributed by atoms with Crippen molar-refractivity contribution in [1.29, 1.82) is 0 Å². The Kier molecular flexibility index (Phi) is 4.71. The average molecular weight is 348 g/mol. The van der Waals surface area contributed by atoms with Gasteiger partial charge < -0.3 is 14.5 Å². The number of aromatic nitrogens is 2. The highest BCUT2D eigenvalue weighted by Gasteiger charge is 2.20. The van der Waals surface area contributed by atoms with Gasteiger partial charge in [0.2, 0.25) is 0 Å². The van der Waals surface area contributed by atoms with Gasteiger partial charge in [0.05, 0.1) is 18.3 Å². The molecule has 0 amide bonds. The fourth-order valence-corrected chi connectivity index (χ4v) is 3.48. The van der Waals surface area contributed by atoms with E-state index in [-0.39, 0.29) is 0 Å². The molecule has 26 heavy (non-hydrogen) atoms. The van der Waals surface area contributed by atoms with Crippen LogP contribution >= 0.6 is 0 Å². The van der Waals surface area contributed by atoms with Crippen LogP contribution in [-0.4, -0.2) is 54.7 Å². The topological polar surface area (TPSA) is 41.5 Å². The molecule has 3 aromatic rings. The number of rotatable bonds is 4. The van der Waals surface area contributed by atoms with Crippen LogP contribution in [0.1, 0.15) is 6.92 Å². The fourth-order valence-electron chi connectivity index (χ4n) is 3.48. The number of hydrogen-bond donors (Lipinski definition) is 0. The smallest absolute Gasteiger partial charge is 0.138 e. The average Bonchev–Trinajstić information content (AvgIpc) is 2.73. The number of methoxy groups -OCH3 is 1. The molecule has 0 spiro atoms. The summed E-state index contributed by atoms with van der Waals surface area (Å²) in [5.41, 5.74) is 3.01. The minimum Gasteiger partial charge on any atom is -0.497 e. The van der Waals surface area contributed by atoms with Crippen molar-refractivity contribution in [3.05, 3.63) is 48.7 Å². The molecule has 5 heteroatoms. The first-order valence-electron chi connectivity index (χ1n) is 9.16. The zero-order chi connectivity index (χ0) is 17.9. The minimum atomic E-state index is 0.851. The lowest BCUT2D eigenvalue weighted by atomic mass is 10.1. The van der Waals surface area contributed by atoms with Crippen LogP contribution in [0.4, 0.5) is 5.82 Å². The van der Waals surface area contributed by atoms with Crippen LogP contribution in [0.15, 0.2) is 48.7 Å². The first kappa shape index (κ1) is 16.8. The Balaban J connectivity index is 1.75. The van der Waals surface area contributed by atoms with Crippen molar-refractivity contribution in [2.75, 3.05) is 44.7 Å². The Morgan fingerprint density at radius 3 is 2.50 bits per heavy atom. The molecular weight excluding hydrogens is 324 g/mol. The van der Waals surface area contributed by atoms with Gasteiger partial charge in [0.15, 0.2) is 0 Å². The van der Waals surface area contributed by atoms with Crippen molar-refractivity contribution in [3.63, 3.8) is 0 Å². The fraction of sp³-hybridized carbons (Fsp3) is 0.333. The van der Waals surface area contributed by atoms with E-state index in [2.05, 4.69) is 46.0 Å². The van der Waals surface area contributed by atoms with Crippen molar-refractivity contribution in [3.8, 4) is 17.0 Å². The highest BCUT2D eigenvalue weighted by atomic mass is 16.5. The Hall–Kier alpha value is -2.66. The molecule has 4 rings (SSSR count). The molecule has 5 nitrogen and oxygen atoms in total. The molecule has 1 aromatic carbocycles. The zero-order valence-corrected chi connectivity index (χ0v) is 15.4. The Bertz CT molecular complexity index is 886. The Morgan fingerprint density at radius 2 is 1.81 bits per heavy atom. The lowest BCUT2D eigenvalue weighted by molar-refractivity contribution is 0.271. The molecule has 134 valence electrons. The summed E-state index contributed by atoms with van der Waals surface area (Å²) in [7, 11) is 1.68. The number of nitrogens with zero attached hydrogens (tertiary/aromatic N) is 4. The number of anilines is 1. The van der Waals surface area contributed by atoms with Crippen LogP contribution in [-0.2, 0) is 0 Å². The van der Waals surface area contributed by atoms with Crippen molar-refractivity contribution in [1.82, 2.24) is 14.9 Å². The molecule has 1 aliphatic heterocycles. The van der Waals surface area contributed by atoms with E-state index in [9.17, 15) is 0 Å². The predicted octanol–water partition coefficient (Wildman–Crippen LogP) is 3.45. The minimum absolute atomic E-state index is 0.851. The maximum atomic E-state index is 5.27. The van der Waals surface area contributed by atoms with Crippen LogP contribution in [0.2, 0.25) is 0 Å². The van der Waals surface area contributed by atoms with Crippen LogP contribution < -0.4 is 9.64 Å². The SMILES string of the molecule is CCN1CCN(c2nc(-c3ccc(OC)cc3)cc3ncccc23)CC1. The van der Waals surface area contributed by atoms with Gasteiger partial charge in [0.1, 0.15) is 11.6 Å². The summed E-state index contributed by atoms with van der Waals surface area (Å²) < 4.78 is 5.27. The summed E-state index contributed by atoms with van der Waals surface area (Å²) in [6, 6.07) is 14.2. The third-order valence-corrected chi connectivity index (χ3v) is 5.08. The Labute approximate surface area is 154 Å². The summed E-state index contributed by atoms with van der Waals surface area (Å²) >= 11 is 0. The van der Waals surface area contributed by atoms with E-state index in [1.54, 1.807) is 7.11 Å². The van der Waals surface area contributed by atoms with Gasteiger partial charge in [-0.25, -0.2) is 4.98 Å². The number of piperazine rings is 1. The van der Waals surface area contributed by atoms with Gasteiger partial charge in [-0.3, -0.25) is 4.98 Å². The summed E-state index contributed by atoms with van der Waals surface area (Å²) in [5, 5.41) is 1.12. The van der Waals surface area contributed by atoms with Gasteiger partial charge in [0, 0.05) is 43.3 Å². The highest BCUT2D eigenvalue weighted by molar-refractivity contribution is 5.92. The van der Waals surface area contributed by atoms with Crippen LogP contribution in [0.25, 0.3) is 22.2 Å². The second-order valence-electron chi connectivity index (χ2n) is 6.55. The first-order valence-corrected chi connectivity index (χ1v) is 9.16. The number of likely N-dealkylation sites (N-methyl/N-ethyl adjacent to an activating group) is 1. The molecule has 3 heterocycles. The highest BCUT2D eigenvalue weighted by Crippen LogP contribution is 2.30. The molecule has 0 aliphatic carbocycles. The Morgan fingerprint density at radius 1 is 1.04 bits per heavy atom. The third-order valence-electron chi connectivity index (χ3n) is 5.08. The van der Waals surface area contributed by atoms with E-state index in [0.717, 1.165) is 66.5 Å². The second kappa shape index (κ2) is 7.30. The quantitative estimate of drug-likeness (QED) is 0.722.